The SMILES string of the molecule is COc1ccc(NC(C)c2ccc(C)o2)cc1OC(F)F. The summed E-state index contributed by atoms with van der Waals surface area (Å²) in [6, 6.07) is 8.40. The first-order valence-electron chi connectivity index (χ1n) is 6.45. The molecule has 0 bridgehead atoms. The van der Waals surface area contributed by atoms with Crippen LogP contribution in [0.3, 0.4) is 0 Å². The maximum Gasteiger partial charge on any atom is 0.387 e. The maximum absolute atomic E-state index is 12.4. The summed E-state index contributed by atoms with van der Waals surface area (Å²) in [4.78, 5) is 0. The van der Waals surface area contributed by atoms with Gasteiger partial charge in [-0.1, -0.05) is 0 Å². The van der Waals surface area contributed by atoms with E-state index in [0.717, 1.165) is 11.5 Å². The standard InChI is InChI=1S/C15H17F2NO3/c1-9-4-6-12(20-9)10(2)18-11-5-7-13(19-3)14(8-11)21-15(16)17/h4-8,10,15,18H,1-3H3. The van der Waals surface area contributed by atoms with Crippen LogP contribution in [0.15, 0.2) is 34.7 Å². The van der Waals surface area contributed by atoms with Crippen molar-refractivity contribution < 1.29 is 22.7 Å². The molecule has 114 valence electrons. The quantitative estimate of drug-likeness (QED) is 0.859. The summed E-state index contributed by atoms with van der Waals surface area (Å²) in [6.07, 6.45) is 0. The third-order valence-corrected chi connectivity index (χ3v) is 2.95. The zero-order valence-electron chi connectivity index (χ0n) is 12.0. The number of ether oxygens (including phenoxy) is 2. The normalized spacial score (nSPS) is 12.3. The molecular weight excluding hydrogens is 280 g/mol. The van der Waals surface area contributed by atoms with E-state index in [9.17, 15) is 8.78 Å². The predicted octanol–water partition coefficient (Wildman–Crippen LogP) is 4.37. The van der Waals surface area contributed by atoms with Crippen LogP contribution < -0.4 is 14.8 Å². The van der Waals surface area contributed by atoms with Crippen molar-refractivity contribution in [1.29, 1.82) is 0 Å². The Morgan fingerprint density at radius 3 is 2.48 bits per heavy atom. The van der Waals surface area contributed by atoms with Gasteiger partial charge >= 0.3 is 6.61 Å². The molecule has 4 nitrogen and oxygen atoms in total. The summed E-state index contributed by atoms with van der Waals surface area (Å²) in [5.41, 5.74) is 0.632. The van der Waals surface area contributed by atoms with Crippen LogP contribution in [0, 0.1) is 6.92 Å². The van der Waals surface area contributed by atoms with E-state index in [0.29, 0.717) is 5.69 Å². The molecule has 1 atom stereocenters. The van der Waals surface area contributed by atoms with E-state index in [-0.39, 0.29) is 17.5 Å². The lowest BCUT2D eigenvalue weighted by Gasteiger charge is -2.16. The maximum atomic E-state index is 12.4. The highest BCUT2D eigenvalue weighted by Crippen LogP contribution is 2.32. The Morgan fingerprint density at radius 2 is 1.90 bits per heavy atom. The molecule has 0 aliphatic heterocycles. The third-order valence-electron chi connectivity index (χ3n) is 2.95. The second-order valence-corrected chi connectivity index (χ2v) is 4.56. The summed E-state index contributed by atoms with van der Waals surface area (Å²) >= 11 is 0. The Bertz CT molecular complexity index is 598. The van der Waals surface area contributed by atoms with Crippen LogP contribution in [-0.4, -0.2) is 13.7 Å². The lowest BCUT2D eigenvalue weighted by Crippen LogP contribution is -2.07. The van der Waals surface area contributed by atoms with Crippen molar-refractivity contribution in [1.82, 2.24) is 0 Å². The molecule has 1 N–H and O–H groups in total. The largest absolute Gasteiger partial charge is 0.493 e. The zero-order chi connectivity index (χ0) is 15.4. The van der Waals surface area contributed by atoms with Crippen LogP contribution >= 0.6 is 0 Å². The van der Waals surface area contributed by atoms with Gasteiger partial charge in [0.2, 0.25) is 0 Å². The summed E-state index contributed by atoms with van der Waals surface area (Å²) in [7, 11) is 1.40. The molecule has 0 radical (unpaired) electrons. The lowest BCUT2D eigenvalue weighted by molar-refractivity contribution is -0.0511. The number of halogens is 2. The van der Waals surface area contributed by atoms with Gasteiger partial charge in [-0.3, -0.25) is 0 Å². The molecule has 0 aliphatic carbocycles. The summed E-state index contributed by atoms with van der Waals surface area (Å²) in [6.45, 7) is 0.869. The van der Waals surface area contributed by atoms with E-state index >= 15 is 0 Å². The smallest absolute Gasteiger partial charge is 0.387 e. The van der Waals surface area contributed by atoms with Crippen molar-refractivity contribution in [3.63, 3.8) is 0 Å². The van der Waals surface area contributed by atoms with Gasteiger partial charge in [0.05, 0.1) is 13.2 Å². The van der Waals surface area contributed by atoms with Gasteiger partial charge in [-0.15, -0.1) is 0 Å². The zero-order valence-corrected chi connectivity index (χ0v) is 12.0. The Labute approximate surface area is 121 Å². The first-order chi connectivity index (χ1) is 9.99. The van der Waals surface area contributed by atoms with Crippen molar-refractivity contribution in [3.05, 3.63) is 41.9 Å². The fraction of sp³-hybridized carbons (Fsp3) is 0.333. The van der Waals surface area contributed by atoms with Crippen LogP contribution in [0.5, 0.6) is 11.5 Å². The molecule has 21 heavy (non-hydrogen) atoms. The van der Waals surface area contributed by atoms with Crippen molar-refractivity contribution >= 4 is 5.69 Å². The summed E-state index contributed by atoms with van der Waals surface area (Å²) in [5, 5.41) is 3.16. The summed E-state index contributed by atoms with van der Waals surface area (Å²) in [5.74, 6) is 1.82. The first kappa shape index (κ1) is 15.2. The Hall–Kier alpha value is -2.24. The van der Waals surface area contributed by atoms with E-state index in [1.54, 1.807) is 12.1 Å². The second kappa shape index (κ2) is 6.47. The van der Waals surface area contributed by atoms with Gasteiger partial charge in [0.25, 0.3) is 0 Å². The van der Waals surface area contributed by atoms with Gasteiger partial charge in [0.15, 0.2) is 11.5 Å². The van der Waals surface area contributed by atoms with Crippen LogP contribution in [-0.2, 0) is 0 Å². The van der Waals surface area contributed by atoms with Crippen molar-refractivity contribution in [2.24, 2.45) is 0 Å². The number of hydrogen-bond acceptors (Lipinski definition) is 4. The number of methoxy groups -OCH3 is 1. The topological polar surface area (TPSA) is 43.6 Å². The molecule has 2 rings (SSSR count). The molecule has 1 unspecified atom stereocenters. The minimum Gasteiger partial charge on any atom is -0.493 e. The number of nitrogens with one attached hydrogen (secondary N) is 1. The Balaban J connectivity index is 2.16. The minimum absolute atomic E-state index is 0.0136. The van der Waals surface area contributed by atoms with Crippen LogP contribution in [0.2, 0.25) is 0 Å². The highest BCUT2D eigenvalue weighted by atomic mass is 19.3. The van der Waals surface area contributed by atoms with E-state index in [1.807, 2.05) is 26.0 Å². The van der Waals surface area contributed by atoms with Crippen LogP contribution in [0.25, 0.3) is 0 Å². The Kier molecular flexibility index (Phi) is 4.67. The van der Waals surface area contributed by atoms with E-state index < -0.39 is 6.61 Å². The highest BCUT2D eigenvalue weighted by molar-refractivity contribution is 5.55. The molecule has 0 fully saturated rings. The number of rotatable bonds is 6. The van der Waals surface area contributed by atoms with E-state index in [1.165, 1.54) is 13.2 Å². The molecular formula is C15H17F2NO3. The second-order valence-electron chi connectivity index (χ2n) is 4.56. The monoisotopic (exact) mass is 297 g/mol. The average Bonchev–Trinajstić information content (AvgIpc) is 2.85. The van der Waals surface area contributed by atoms with Crippen molar-refractivity contribution in [2.45, 2.75) is 26.5 Å². The molecule has 0 spiro atoms. The van der Waals surface area contributed by atoms with Gasteiger partial charge in [-0.2, -0.15) is 8.78 Å². The molecule has 0 saturated carbocycles. The number of furan rings is 1. The predicted molar refractivity (Wildman–Crippen MR) is 75.1 cm³/mol. The number of hydrogen-bond donors (Lipinski definition) is 1. The lowest BCUT2D eigenvalue weighted by atomic mass is 10.2. The van der Waals surface area contributed by atoms with Crippen molar-refractivity contribution in [3.8, 4) is 11.5 Å². The third kappa shape index (κ3) is 3.87. The minimum atomic E-state index is -2.90. The molecule has 2 aromatic rings. The molecule has 0 amide bonds. The van der Waals surface area contributed by atoms with Crippen LogP contribution in [0.4, 0.5) is 14.5 Å². The summed E-state index contributed by atoms with van der Waals surface area (Å²) < 4.78 is 39.7. The number of anilines is 1. The molecule has 6 heteroatoms. The van der Waals surface area contributed by atoms with E-state index in [4.69, 9.17) is 9.15 Å². The van der Waals surface area contributed by atoms with Gasteiger partial charge in [0, 0.05) is 11.8 Å². The molecule has 1 aromatic carbocycles. The molecule has 0 aliphatic rings. The van der Waals surface area contributed by atoms with E-state index in [2.05, 4.69) is 10.1 Å². The first-order valence-corrected chi connectivity index (χ1v) is 6.45. The molecule has 1 heterocycles. The van der Waals surface area contributed by atoms with Gasteiger partial charge in [-0.25, -0.2) is 0 Å². The molecule has 0 saturated heterocycles. The average molecular weight is 297 g/mol. The van der Waals surface area contributed by atoms with Crippen molar-refractivity contribution in [2.75, 3.05) is 12.4 Å². The van der Waals surface area contributed by atoms with Gasteiger partial charge in [-0.05, 0) is 38.1 Å². The highest BCUT2D eigenvalue weighted by Gasteiger charge is 2.14. The Morgan fingerprint density at radius 1 is 1.14 bits per heavy atom. The fourth-order valence-corrected chi connectivity index (χ4v) is 1.96. The van der Waals surface area contributed by atoms with Gasteiger partial charge < -0.3 is 19.2 Å². The molecule has 1 aromatic heterocycles. The number of aryl methyl sites for hydroxylation is 1. The van der Waals surface area contributed by atoms with Gasteiger partial charge in [0.1, 0.15) is 11.5 Å². The number of benzene rings is 1. The van der Waals surface area contributed by atoms with Crippen LogP contribution in [0.1, 0.15) is 24.5 Å². The fourth-order valence-electron chi connectivity index (χ4n) is 1.96. The number of alkyl halides is 2.